The Balaban J connectivity index is 1.74. The maximum atomic E-state index is 11.9. The average Bonchev–Trinajstić information content (AvgIpc) is 2.60. The molecule has 0 saturated carbocycles. The highest BCUT2D eigenvalue weighted by Gasteiger charge is 2.44. The molecule has 2 heterocycles. The minimum atomic E-state index is -0.0228. The zero-order chi connectivity index (χ0) is 14.9. The van der Waals surface area contributed by atoms with Crippen LogP contribution in [-0.4, -0.2) is 55.6 Å². The van der Waals surface area contributed by atoms with Gasteiger partial charge in [-0.1, -0.05) is 24.3 Å². The lowest BCUT2D eigenvalue weighted by molar-refractivity contribution is -0.126. The van der Waals surface area contributed by atoms with E-state index in [2.05, 4.69) is 36.1 Å². The lowest BCUT2D eigenvalue weighted by Crippen LogP contribution is -2.40. The smallest absolute Gasteiger partial charge is 0.223 e. The maximum Gasteiger partial charge on any atom is 0.223 e. The largest absolute Gasteiger partial charge is 0.379 e. The Morgan fingerprint density at radius 2 is 2.10 bits per heavy atom. The van der Waals surface area contributed by atoms with Crippen molar-refractivity contribution in [2.75, 3.05) is 39.9 Å². The fourth-order valence-electron chi connectivity index (χ4n) is 3.55. The zero-order valence-electron chi connectivity index (χ0n) is 13.0. The number of hydrogen-bond donors (Lipinski definition) is 0. The number of ether oxygens (including phenoxy) is 1. The molecule has 1 aromatic carbocycles. The minimum absolute atomic E-state index is 0.0228. The molecule has 0 radical (unpaired) electrons. The summed E-state index contributed by atoms with van der Waals surface area (Å²) in [5.74, 6) is 0.247. The second-order valence-corrected chi connectivity index (χ2v) is 6.62. The number of carbonyl (C=O) groups excluding carboxylic acids is 1. The monoisotopic (exact) mass is 288 g/mol. The Labute approximate surface area is 126 Å². The second-order valence-electron chi connectivity index (χ2n) is 6.62. The van der Waals surface area contributed by atoms with E-state index in [1.165, 1.54) is 11.1 Å². The summed E-state index contributed by atoms with van der Waals surface area (Å²) in [6, 6.07) is 8.53. The van der Waals surface area contributed by atoms with Crippen LogP contribution < -0.4 is 0 Å². The number of nitrogens with zero attached hydrogens (tertiary/aromatic N) is 2. The van der Waals surface area contributed by atoms with Crippen LogP contribution in [0.1, 0.15) is 17.5 Å². The summed E-state index contributed by atoms with van der Waals surface area (Å²) in [5, 5.41) is 0. The van der Waals surface area contributed by atoms with E-state index in [1.807, 2.05) is 11.9 Å². The highest BCUT2D eigenvalue weighted by atomic mass is 16.5. The van der Waals surface area contributed by atoms with Crippen molar-refractivity contribution in [1.82, 2.24) is 9.80 Å². The summed E-state index contributed by atoms with van der Waals surface area (Å²) in [4.78, 5) is 16.2. The van der Waals surface area contributed by atoms with Crippen LogP contribution in [0.4, 0.5) is 0 Å². The van der Waals surface area contributed by atoms with E-state index < -0.39 is 0 Å². The lowest BCUT2D eigenvalue weighted by atomic mass is 9.87. The van der Waals surface area contributed by atoms with Crippen LogP contribution in [0.15, 0.2) is 24.3 Å². The number of amides is 1. The van der Waals surface area contributed by atoms with Crippen molar-refractivity contribution in [2.45, 2.75) is 19.9 Å². The van der Waals surface area contributed by atoms with Gasteiger partial charge in [-0.15, -0.1) is 0 Å². The molecule has 2 saturated heterocycles. The number of likely N-dealkylation sites (tertiary alicyclic amines) is 1. The van der Waals surface area contributed by atoms with Gasteiger partial charge in [0.25, 0.3) is 0 Å². The quantitative estimate of drug-likeness (QED) is 0.830. The highest BCUT2D eigenvalue weighted by Crippen LogP contribution is 2.34. The van der Waals surface area contributed by atoms with Gasteiger partial charge in [0.15, 0.2) is 0 Å². The number of rotatable bonds is 2. The third-order valence-electron chi connectivity index (χ3n) is 4.70. The average molecular weight is 288 g/mol. The Hall–Kier alpha value is -1.39. The van der Waals surface area contributed by atoms with Gasteiger partial charge in [-0.25, -0.2) is 0 Å². The van der Waals surface area contributed by atoms with Crippen LogP contribution in [0.5, 0.6) is 0 Å². The predicted octanol–water partition coefficient (Wildman–Crippen LogP) is 1.68. The van der Waals surface area contributed by atoms with Gasteiger partial charge in [0, 0.05) is 45.1 Å². The molecule has 0 aliphatic carbocycles. The molecule has 4 nitrogen and oxygen atoms in total. The van der Waals surface area contributed by atoms with Crippen molar-refractivity contribution in [3.05, 3.63) is 35.4 Å². The molecule has 0 N–H and O–H groups in total. The van der Waals surface area contributed by atoms with E-state index in [-0.39, 0.29) is 11.3 Å². The first-order chi connectivity index (χ1) is 10.1. The van der Waals surface area contributed by atoms with Crippen LogP contribution >= 0.6 is 0 Å². The van der Waals surface area contributed by atoms with Gasteiger partial charge in [-0.2, -0.15) is 0 Å². The molecule has 0 unspecified atom stereocenters. The SMILES string of the molecule is Cc1ccccc1CN1CCOC[C@@]2(CC(=O)N(C)C2)C1. The Bertz CT molecular complexity index is 531. The van der Waals surface area contributed by atoms with Gasteiger partial charge < -0.3 is 9.64 Å². The highest BCUT2D eigenvalue weighted by molar-refractivity contribution is 5.79. The van der Waals surface area contributed by atoms with Crippen molar-refractivity contribution >= 4 is 5.91 Å². The van der Waals surface area contributed by atoms with E-state index in [0.717, 1.165) is 32.8 Å². The molecule has 2 aliphatic rings. The summed E-state index contributed by atoms with van der Waals surface area (Å²) >= 11 is 0. The molecule has 2 fully saturated rings. The molecule has 21 heavy (non-hydrogen) atoms. The fourth-order valence-corrected chi connectivity index (χ4v) is 3.55. The van der Waals surface area contributed by atoms with Crippen LogP contribution in [0.25, 0.3) is 0 Å². The molecule has 3 rings (SSSR count). The molecule has 2 aliphatic heterocycles. The third kappa shape index (κ3) is 3.11. The standard InChI is InChI=1S/C17H24N2O2/c1-14-5-3-4-6-15(14)10-19-7-8-21-13-17(12-19)9-16(20)18(2)11-17/h3-6H,7-13H2,1-2H3/t17-/m1/s1. The minimum Gasteiger partial charge on any atom is -0.379 e. The summed E-state index contributed by atoms with van der Waals surface area (Å²) in [7, 11) is 1.90. The van der Waals surface area contributed by atoms with Crippen LogP contribution in [-0.2, 0) is 16.1 Å². The number of carbonyl (C=O) groups is 1. The van der Waals surface area contributed by atoms with E-state index in [4.69, 9.17) is 4.74 Å². The summed E-state index contributed by atoms with van der Waals surface area (Å²) in [6.45, 7) is 7.25. The normalized spacial score (nSPS) is 27.3. The lowest BCUT2D eigenvalue weighted by Gasteiger charge is -2.31. The van der Waals surface area contributed by atoms with E-state index in [9.17, 15) is 4.79 Å². The van der Waals surface area contributed by atoms with Crippen molar-refractivity contribution in [2.24, 2.45) is 5.41 Å². The van der Waals surface area contributed by atoms with Crippen LogP contribution in [0.3, 0.4) is 0 Å². The first-order valence-electron chi connectivity index (χ1n) is 7.67. The van der Waals surface area contributed by atoms with Crippen molar-refractivity contribution in [3.63, 3.8) is 0 Å². The molecule has 1 amide bonds. The Morgan fingerprint density at radius 3 is 2.81 bits per heavy atom. The Morgan fingerprint density at radius 1 is 1.29 bits per heavy atom. The summed E-state index contributed by atoms with van der Waals surface area (Å²) < 4.78 is 5.81. The van der Waals surface area contributed by atoms with E-state index >= 15 is 0 Å². The van der Waals surface area contributed by atoms with Gasteiger partial charge in [-0.05, 0) is 18.1 Å². The third-order valence-corrected chi connectivity index (χ3v) is 4.70. The topological polar surface area (TPSA) is 32.8 Å². The first-order valence-corrected chi connectivity index (χ1v) is 7.67. The zero-order valence-corrected chi connectivity index (χ0v) is 13.0. The predicted molar refractivity (Wildman–Crippen MR) is 82.0 cm³/mol. The van der Waals surface area contributed by atoms with E-state index in [0.29, 0.717) is 13.0 Å². The van der Waals surface area contributed by atoms with Gasteiger partial charge in [-0.3, -0.25) is 9.69 Å². The number of aryl methyl sites for hydroxylation is 1. The number of hydrogen-bond acceptors (Lipinski definition) is 3. The van der Waals surface area contributed by atoms with E-state index in [1.54, 1.807) is 0 Å². The molecule has 4 heteroatoms. The van der Waals surface area contributed by atoms with Gasteiger partial charge in [0.2, 0.25) is 5.91 Å². The molecule has 1 aromatic rings. The summed E-state index contributed by atoms with van der Waals surface area (Å²) in [5.41, 5.74) is 2.67. The summed E-state index contributed by atoms with van der Waals surface area (Å²) in [6.07, 6.45) is 0.619. The molecule has 0 aromatic heterocycles. The second kappa shape index (κ2) is 5.78. The molecular weight excluding hydrogens is 264 g/mol. The van der Waals surface area contributed by atoms with Gasteiger partial charge in [0.05, 0.1) is 13.2 Å². The first kappa shape index (κ1) is 14.5. The van der Waals surface area contributed by atoms with Gasteiger partial charge >= 0.3 is 0 Å². The molecule has 1 spiro atoms. The maximum absolute atomic E-state index is 11.9. The molecule has 0 bridgehead atoms. The van der Waals surface area contributed by atoms with Crippen molar-refractivity contribution in [3.8, 4) is 0 Å². The van der Waals surface area contributed by atoms with Crippen molar-refractivity contribution in [1.29, 1.82) is 0 Å². The van der Waals surface area contributed by atoms with Crippen molar-refractivity contribution < 1.29 is 9.53 Å². The van der Waals surface area contributed by atoms with Crippen LogP contribution in [0.2, 0.25) is 0 Å². The molecule has 114 valence electrons. The van der Waals surface area contributed by atoms with Crippen LogP contribution in [0, 0.1) is 12.3 Å². The number of benzene rings is 1. The van der Waals surface area contributed by atoms with Gasteiger partial charge in [0.1, 0.15) is 0 Å². The fraction of sp³-hybridized carbons (Fsp3) is 0.588. The molecular formula is C17H24N2O2. The Kier molecular flexibility index (Phi) is 4.00. The molecule has 1 atom stereocenters.